The minimum Gasteiger partial charge on any atom is -0.378 e. The lowest BCUT2D eigenvalue weighted by atomic mass is 10.1. The number of fused-ring (bicyclic) bond motifs is 3. The number of hydrogen-bond acceptors (Lipinski definition) is 14. The van der Waals surface area contributed by atoms with Crippen LogP contribution in [-0.4, -0.2) is 130 Å². The Morgan fingerprint density at radius 2 is 0.914 bits per heavy atom. The lowest BCUT2D eigenvalue weighted by Crippen LogP contribution is -2.22. The summed E-state index contributed by atoms with van der Waals surface area (Å²) in [7, 11) is 15.9. The first kappa shape index (κ1) is 71.8. The van der Waals surface area contributed by atoms with Crippen LogP contribution in [0.5, 0.6) is 0 Å². The molecule has 0 fully saturated rings. The summed E-state index contributed by atoms with van der Waals surface area (Å²) in [6.07, 6.45) is 23.7. The predicted octanol–water partition coefficient (Wildman–Crippen LogP) is 17.1. The van der Waals surface area contributed by atoms with Crippen LogP contribution < -0.4 is 14.7 Å². The van der Waals surface area contributed by atoms with E-state index in [4.69, 9.17) is 14.5 Å². The van der Waals surface area contributed by atoms with Crippen molar-refractivity contribution in [3.63, 3.8) is 0 Å². The Balaban J connectivity index is 0.000000168. The van der Waals surface area contributed by atoms with Crippen LogP contribution in [0.1, 0.15) is 0 Å². The number of thiol groups is 1. The van der Waals surface area contributed by atoms with Crippen molar-refractivity contribution in [2.75, 3.05) is 70.2 Å². The van der Waals surface area contributed by atoms with E-state index in [9.17, 15) is 0 Å². The van der Waals surface area contributed by atoms with Crippen LogP contribution >= 0.6 is 64.5 Å². The molecule has 1 N–H and O–H groups in total. The van der Waals surface area contributed by atoms with Gasteiger partial charge in [0.15, 0.2) is 0 Å². The van der Waals surface area contributed by atoms with Gasteiger partial charge in [-0.15, -0.1) is 25.0 Å². The summed E-state index contributed by atoms with van der Waals surface area (Å²) in [6, 6.07) is 34.0. The maximum atomic E-state index is 6.05. The molecule has 0 saturated carbocycles. The highest BCUT2D eigenvalue weighted by atomic mass is 79.9. The van der Waals surface area contributed by atoms with E-state index < -0.39 is 16.1 Å². The maximum Gasteiger partial charge on any atom is 0.142 e. The molecule has 0 spiro atoms. The molecule has 9 heterocycles. The summed E-state index contributed by atoms with van der Waals surface area (Å²) in [6.45, 7) is 16.8. The molecule has 0 radical (unpaired) electrons. The van der Waals surface area contributed by atoms with Gasteiger partial charge in [0.05, 0.1) is 18.6 Å². The number of rotatable bonds is 20. The van der Waals surface area contributed by atoms with E-state index in [0.717, 1.165) is 105 Å². The molecule has 17 nitrogen and oxygen atoms in total. The van der Waals surface area contributed by atoms with E-state index in [1.807, 2.05) is 129 Å². The highest BCUT2D eigenvalue weighted by molar-refractivity contribution is 9.10. The van der Waals surface area contributed by atoms with Gasteiger partial charge in [0, 0.05) is 244 Å². The zero-order valence-corrected chi connectivity index (χ0v) is 62.9. The van der Waals surface area contributed by atoms with Crippen LogP contribution in [0, 0.1) is 0 Å². The number of aromatic nitrogens is 12. The normalized spacial score (nSPS) is 11.4. The third kappa shape index (κ3) is 20.2. The number of nitrogens with one attached hydrogen (secondary N) is 1. The van der Waals surface area contributed by atoms with Crippen LogP contribution in [-0.2, 0) is 44.1 Å². The zero-order valence-electron chi connectivity index (χ0n) is 56.0. The summed E-state index contributed by atoms with van der Waals surface area (Å²) in [5.74, 6) is 0. The molecule has 490 valence electrons. The molecule has 0 aliphatic carbocycles. The van der Waals surface area contributed by atoms with E-state index in [1.54, 1.807) is 23.5 Å². The molecule has 0 amide bonds. The van der Waals surface area contributed by atoms with Crippen LogP contribution in [0.4, 0.5) is 17.1 Å². The molecule has 93 heavy (non-hydrogen) atoms. The van der Waals surface area contributed by atoms with Crippen molar-refractivity contribution < 1.29 is 9.47 Å². The first-order valence-corrected chi connectivity index (χ1v) is 40.7. The lowest BCUT2D eigenvalue weighted by Gasteiger charge is -2.15. The van der Waals surface area contributed by atoms with Crippen molar-refractivity contribution in [2.45, 2.75) is 89.3 Å². The molecule has 24 heteroatoms. The SMILES string of the molecule is CN(C)c1cccc(S)c1.CN(C)c1cccc(Sc2cnc3[nH]cc(-c4cnn(C)c4)c3c2)c1.CN(C)c1cccc(Sc2cnc3c(c2)c(-c2cnn(C)c2)cn3COCC[Si](C)(C)C)c1.Cl.Cn1cc(-c2cn(COCC[Si](C)(C)C)c3ncc(Br)cc23)cn1. The second-order valence-corrected chi connectivity index (χ2v) is 40.6. The molecule has 0 bridgehead atoms. The Hall–Kier alpha value is -7.07. The van der Waals surface area contributed by atoms with Gasteiger partial charge in [-0.3, -0.25) is 14.0 Å². The summed E-state index contributed by atoms with van der Waals surface area (Å²) < 4.78 is 22.6. The lowest BCUT2D eigenvalue weighted by molar-refractivity contribution is 0.0898. The van der Waals surface area contributed by atoms with Crippen molar-refractivity contribution >= 4 is 131 Å². The van der Waals surface area contributed by atoms with Gasteiger partial charge in [-0.2, -0.15) is 15.3 Å². The van der Waals surface area contributed by atoms with Crippen molar-refractivity contribution in [3.8, 4) is 33.4 Å². The molecular formula is C69H87BrClN15O2S3Si2. The molecule has 3 aromatic carbocycles. The predicted molar refractivity (Wildman–Crippen MR) is 403 cm³/mol. The van der Waals surface area contributed by atoms with Crippen LogP contribution in [0.15, 0.2) is 194 Å². The third-order valence-electron chi connectivity index (χ3n) is 14.9. The highest BCUT2D eigenvalue weighted by Crippen LogP contribution is 2.38. The molecule has 12 rings (SSSR count). The largest absolute Gasteiger partial charge is 0.378 e. The fourth-order valence-corrected chi connectivity index (χ4v) is 13.6. The Morgan fingerprint density at radius 1 is 0.495 bits per heavy atom. The summed E-state index contributed by atoms with van der Waals surface area (Å²) >= 11 is 11.2. The Morgan fingerprint density at radius 3 is 1.34 bits per heavy atom. The van der Waals surface area contributed by atoms with Crippen LogP contribution in [0.2, 0.25) is 51.4 Å². The Kier molecular flexibility index (Phi) is 25.0. The first-order chi connectivity index (χ1) is 43.8. The van der Waals surface area contributed by atoms with Gasteiger partial charge >= 0.3 is 0 Å². The monoisotopic (exact) mass is 1420 g/mol. The van der Waals surface area contributed by atoms with Gasteiger partial charge in [0.25, 0.3) is 0 Å². The molecule has 12 aromatic rings. The second kappa shape index (κ2) is 32.4. The number of aromatic amines is 1. The second-order valence-electron chi connectivity index (χ2n) is 25.7. The minimum absolute atomic E-state index is 0. The van der Waals surface area contributed by atoms with Crippen LogP contribution in [0.3, 0.4) is 0 Å². The number of anilines is 3. The van der Waals surface area contributed by atoms with Gasteiger partial charge in [0.2, 0.25) is 0 Å². The van der Waals surface area contributed by atoms with E-state index in [1.165, 1.54) is 32.9 Å². The smallest absolute Gasteiger partial charge is 0.142 e. The molecule has 0 saturated heterocycles. The number of aryl methyl sites for hydroxylation is 3. The van der Waals surface area contributed by atoms with E-state index in [2.05, 4.69) is 235 Å². The van der Waals surface area contributed by atoms with E-state index in [-0.39, 0.29) is 12.4 Å². The number of hydrogen-bond donors (Lipinski definition) is 2. The summed E-state index contributed by atoms with van der Waals surface area (Å²) in [4.78, 5) is 29.2. The number of ether oxygens (including phenoxy) is 2. The van der Waals surface area contributed by atoms with Gasteiger partial charge in [-0.25, -0.2) is 15.0 Å². The third-order valence-corrected chi connectivity index (χ3v) is 20.9. The number of pyridine rings is 3. The van der Waals surface area contributed by atoms with Gasteiger partial charge in [0.1, 0.15) is 30.4 Å². The van der Waals surface area contributed by atoms with Gasteiger partial charge < -0.3 is 38.3 Å². The van der Waals surface area contributed by atoms with Gasteiger partial charge in [-0.05, 0) is 101 Å². The van der Waals surface area contributed by atoms with E-state index in [0.29, 0.717) is 13.5 Å². The average Bonchev–Trinajstić information content (AvgIpc) is 1.65. The number of benzene rings is 3. The Labute approximate surface area is 578 Å². The molecule has 0 atom stereocenters. The number of halogens is 2. The van der Waals surface area contributed by atoms with Crippen molar-refractivity contribution in [2.24, 2.45) is 21.1 Å². The molecule has 0 aliphatic heterocycles. The minimum atomic E-state index is -1.12. The average molecular weight is 1430 g/mol. The topological polar surface area (TPSA) is 146 Å². The van der Waals surface area contributed by atoms with Crippen LogP contribution in [0.25, 0.3) is 66.5 Å². The maximum absolute atomic E-state index is 6.05. The molecule has 0 unspecified atom stereocenters. The first-order valence-electron chi connectivity index (χ1n) is 30.4. The fraction of sp³-hybridized carbons (Fsp3) is 0.304. The van der Waals surface area contributed by atoms with Gasteiger partial charge in [-0.1, -0.05) is 81.0 Å². The quantitative estimate of drug-likeness (QED) is 0.0424. The summed E-state index contributed by atoms with van der Waals surface area (Å²) in [5.41, 5.74) is 13.0. The fourth-order valence-electron chi connectivity index (χ4n) is 9.75. The van der Waals surface area contributed by atoms with Crippen molar-refractivity contribution in [3.05, 3.63) is 170 Å². The molecule has 0 aliphatic rings. The molecular weight excluding hydrogens is 1340 g/mol. The zero-order chi connectivity index (χ0) is 65.9. The number of nitrogens with zero attached hydrogens (tertiary/aromatic N) is 14. The van der Waals surface area contributed by atoms with Crippen molar-refractivity contribution in [1.82, 2.24) is 58.4 Å². The highest BCUT2D eigenvalue weighted by Gasteiger charge is 2.19. The van der Waals surface area contributed by atoms with E-state index >= 15 is 0 Å². The Bertz CT molecular complexity index is 4390. The summed E-state index contributed by atoms with van der Waals surface area (Å²) in [5, 5.41) is 16.3. The van der Waals surface area contributed by atoms with Crippen molar-refractivity contribution in [1.29, 1.82) is 0 Å². The molecule has 9 aromatic heterocycles. The standard InChI is InChI=1S/C25H33N5OSSi.C19H19N5S.C17H23BrN4OSi.C8H11NS.ClH/c1-28(2)20-8-7-9-21(12-20)32-22-13-23-24(19-14-27-29(3)16-19)17-30(25(23)26-15-22)18-31-10-11-33(4,5)6;1-23(2)14-5-4-6-15(7-14)25-16-8-17-18(11-21-19(17)20-10-16)13-9-22-24(3)12-13;1-21-10-13(8-20-21)16-11-22(12-23-5-6-24(2,3)4)17-15(16)7-14(18)9-19-17;1-9(2)7-4-3-5-8(10)6-7;/h7-9,12-17H,10-11,18H2,1-6H3;4-12H,1-3H3,(H,20,21);7-11H,5-6,12H2,1-4H3;3-6,10H,1-2H3;1H. The number of H-pyrrole nitrogens is 1.